The maximum atomic E-state index is 5.88. The van der Waals surface area contributed by atoms with Crippen molar-refractivity contribution in [2.24, 2.45) is 0 Å². The molecule has 0 atom stereocenters. The van der Waals surface area contributed by atoms with Gasteiger partial charge in [-0.05, 0) is 48.7 Å². The first-order chi connectivity index (χ1) is 11.6. The van der Waals surface area contributed by atoms with Crippen molar-refractivity contribution in [3.63, 3.8) is 0 Å². The van der Waals surface area contributed by atoms with Crippen molar-refractivity contribution in [1.82, 2.24) is 10.2 Å². The van der Waals surface area contributed by atoms with Crippen molar-refractivity contribution < 1.29 is 9.15 Å². The van der Waals surface area contributed by atoms with E-state index in [0.29, 0.717) is 11.1 Å². The summed E-state index contributed by atoms with van der Waals surface area (Å²) < 4.78 is 11.4. The van der Waals surface area contributed by atoms with Gasteiger partial charge in [0.25, 0.3) is 11.1 Å². The molecular formula is C18H17ClN2O2S. The molecule has 1 heterocycles. The molecule has 0 saturated heterocycles. The number of hydrogen-bond acceptors (Lipinski definition) is 5. The smallest absolute Gasteiger partial charge is 0.277 e. The molecule has 4 nitrogen and oxygen atoms in total. The average molecular weight is 361 g/mol. The van der Waals surface area contributed by atoms with Crippen LogP contribution in [0.1, 0.15) is 22.6 Å². The van der Waals surface area contributed by atoms with Crippen LogP contribution in [0.15, 0.2) is 52.1 Å². The summed E-state index contributed by atoms with van der Waals surface area (Å²) in [7, 11) is 0. The first-order valence-corrected chi connectivity index (χ1v) is 8.87. The molecule has 0 N–H and O–H groups in total. The summed E-state index contributed by atoms with van der Waals surface area (Å²) in [4.78, 5) is 0. The van der Waals surface area contributed by atoms with E-state index in [2.05, 4.69) is 23.2 Å². The van der Waals surface area contributed by atoms with Crippen LogP contribution in [0.3, 0.4) is 0 Å². The Kier molecular flexibility index (Phi) is 5.43. The van der Waals surface area contributed by atoms with Crippen LogP contribution in [0.2, 0.25) is 5.02 Å². The molecule has 1 aromatic heterocycles. The standard InChI is InChI=1S/C18H17ClN2O2S/c1-12-4-3-5-16(13(12)2)22-10-17-20-21-18(23-17)24-11-14-6-8-15(19)9-7-14/h3-9H,10-11H2,1-2H3. The lowest BCUT2D eigenvalue weighted by molar-refractivity contribution is 0.250. The predicted octanol–water partition coefficient (Wildman–Crippen LogP) is 5.21. The number of hydrogen-bond donors (Lipinski definition) is 0. The molecule has 3 rings (SSSR count). The third-order valence-corrected chi connectivity index (χ3v) is 4.77. The maximum Gasteiger partial charge on any atom is 0.277 e. The van der Waals surface area contributed by atoms with Crippen LogP contribution < -0.4 is 4.74 Å². The molecule has 124 valence electrons. The first kappa shape index (κ1) is 16.9. The molecule has 0 aliphatic rings. The van der Waals surface area contributed by atoms with Gasteiger partial charge in [-0.3, -0.25) is 0 Å². The summed E-state index contributed by atoms with van der Waals surface area (Å²) in [5.74, 6) is 2.05. The minimum Gasteiger partial charge on any atom is -0.484 e. The third kappa shape index (κ3) is 4.30. The second-order valence-corrected chi connectivity index (χ2v) is 6.73. The molecule has 0 amide bonds. The normalized spacial score (nSPS) is 10.8. The number of ether oxygens (including phenoxy) is 1. The van der Waals surface area contributed by atoms with Gasteiger partial charge in [-0.2, -0.15) is 0 Å². The number of nitrogens with zero attached hydrogens (tertiary/aromatic N) is 2. The largest absolute Gasteiger partial charge is 0.484 e. The van der Waals surface area contributed by atoms with E-state index in [0.717, 1.165) is 27.7 Å². The summed E-state index contributed by atoms with van der Waals surface area (Å²) in [5.41, 5.74) is 3.46. The number of halogens is 1. The van der Waals surface area contributed by atoms with E-state index in [1.807, 2.05) is 43.3 Å². The highest BCUT2D eigenvalue weighted by molar-refractivity contribution is 7.98. The maximum absolute atomic E-state index is 5.88. The van der Waals surface area contributed by atoms with Crippen LogP contribution in [-0.2, 0) is 12.4 Å². The minimum atomic E-state index is 0.263. The number of benzene rings is 2. The monoisotopic (exact) mass is 360 g/mol. The zero-order valence-corrected chi connectivity index (χ0v) is 15.0. The summed E-state index contributed by atoms with van der Waals surface area (Å²) in [6, 6.07) is 13.7. The molecule has 0 aliphatic heterocycles. The topological polar surface area (TPSA) is 48.2 Å². The summed E-state index contributed by atoms with van der Waals surface area (Å²) in [5, 5.41) is 9.33. The van der Waals surface area contributed by atoms with Crippen molar-refractivity contribution in [2.45, 2.75) is 31.4 Å². The fourth-order valence-corrected chi connectivity index (χ4v) is 2.96. The predicted molar refractivity (Wildman–Crippen MR) is 95.6 cm³/mol. The Morgan fingerprint density at radius 3 is 2.67 bits per heavy atom. The SMILES string of the molecule is Cc1cccc(OCc2nnc(SCc3ccc(Cl)cc3)o2)c1C. The van der Waals surface area contributed by atoms with Gasteiger partial charge in [-0.25, -0.2) is 0 Å². The van der Waals surface area contributed by atoms with E-state index in [4.69, 9.17) is 20.8 Å². The molecule has 0 radical (unpaired) electrons. The van der Waals surface area contributed by atoms with Gasteiger partial charge in [0.1, 0.15) is 5.75 Å². The second-order valence-electron chi connectivity index (χ2n) is 5.36. The van der Waals surface area contributed by atoms with E-state index in [1.54, 1.807) is 0 Å². The Balaban J connectivity index is 1.55. The van der Waals surface area contributed by atoms with Gasteiger partial charge >= 0.3 is 0 Å². The fourth-order valence-electron chi connectivity index (χ4n) is 2.10. The third-order valence-electron chi connectivity index (χ3n) is 3.63. The molecule has 0 fully saturated rings. The molecule has 0 saturated carbocycles. The van der Waals surface area contributed by atoms with Crippen LogP contribution in [0.4, 0.5) is 0 Å². The number of thioether (sulfide) groups is 1. The Morgan fingerprint density at radius 1 is 1.08 bits per heavy atom. The van der Waals surface area contributed by atoms with Crippen molar-refractivity contribution in [3.8, 4) is 5.75 Å². The zero-order chi connectivity index (χ0) is 16.9. The first-order valence-electron chi connectivity index (χ1n) is 7.50. The Labute approximate surface area is 150 Å². The minimum absolute atomic E-state index is 0.263. The molecule has 0 aliphatic carbocycles. The second kappa shape index (κ2) is 7.73. The van der Waals surface area contributed by atoms with Gasteiger partial charge in [0.2, 0.25) is 0 Å². The van der Waals surface area contributed by atoms with E-state index < -0.39 is 0 Å². The van der Waals surface area contributed by atoms with Crippen LogP contribution in [0, 0.1) is 13.8 Å². The summed E-state index contributed by atoms with van der Waals surface area (Å²) >= 11 is 7.37. The zero-order valence-electron chi connectivity index (χ0n) is 13.5. The van der Waals surface area contributed by atoms with Crippen LogP contribution >= 0.6 is 23.4 Å². The van der Waals surface area contributed by atoms with Crippen molar-refractivity contribution in [1.29, 1.82) is 0 Å². The highest BCUT2D eigenvalue weighted by Crippen LogP contribution is 2.24. The van der Waals surface area contributed by atoms with Gasteiger partial charge in [0.05, 0.1) is 0 Å². The van der Waals surface area contributed by atoms with Gasteiger partial charge in [0.15, 0.2) is 6.61 Å². The Hall–Kier alpha value is -1.98. The number of aryl methyl sites for hydroxylation is 1. The van der Waals surface area contributed by atoms with E-state index >= 15 is 0 Å². The van der Waals surface area contributed by atoms with E-state index in [1.165, 1.54) is 17.3 Å². The molecule has 0 unspecified atom stereocenters. The van der Waals surface area contributed by atoms with Crippen LogP contribution in [-0.4, -0.2) is 10.2 Å². The lowest BCUT2D eigenvalue weighted by Gasteiger charge is -2.08. The van der Waals surface area contributed by atoms with E-state index in [9.17, 15) is 0 Å². The van der Waals surface area contributed by atoms with Gasteiger partial charge < -0.3 is 9.15 Å². The van der Waals surface area contributed by atoms with Crippen molar-refractivity contribution >= 4 is 23.4 Å². The van der Waals surface area contributed by atoms with E-state index in [-0.39, 0.29) is 6.61 Å². The lowest BCUT2D eigenvalue weighted by atomic mass is 10.1. The number of rotatable bonds is 6. The van der Waals surface area contributed by atoms with Gasteiger partial charge in [0, 0.05) is 10.8 Å². The molecule has 3 aromatic rings. The number of aromatic nitrogens is 2. The molecule has 6 heteroatoms. The molecule has 0 bridgehead atoms. The Bertz CT molecular complexity index is 818. The molecular weight excluding hydrogens is 344 g/mol. The molecule has 0 spiro atoms. The average Bonchev–Trinajstić information content (AvgIpc) is 3.04. The van der Waals surface area contributed by atoms with Crippen LogP contribution in [0.25, 0.3) is 0 Å². The van der Waals surface area contributed by atoms with Crippen molar-refractivity contribution in [3.05, 3.63) is 70.1 Å². The summed E-state index contributed by atoms with van der Waals surface area (Å²) in [6.45, 7) is 4.35. The van der Waals surface area contributed by atoms with Gasteiger partial charge in [-0.1, -0.05) is 47.6 Å². The highest BCUT2D eigenvalue weighted by atomic mass is 35.5. The Morgan fingerprint density at radius 2 is 1.88 bits per heavy atom. The fraction of sp³-hybridized carbons (Fsp3) is 0.222. The van der Waals surface area contributed by atoms with Crippen molar-refractivity contribution in [2.75, 3.05) is 0 Å². The van der Waals surface area contributed by atoms with Crippen LogP contribution in [0.5, 0.6) is 5.75 Å². The highest BCUT2D eigenvalue weighted by Gasteiger charge is 2.09. The van der Waals surface area contributed by atoms with Gasteiger partial charge in [-0.15, -0.1) is 10.2 Å². The quantitative estimate of drug-likeness (QED) is 0.564. The lowest BCUT2D eigenvalue weighted by Crippen LogP contribution is -1.98. The molecule has 2 aromatic carbocycles. The summed E-state index contributed by atoms with van der Waals surface area (Å²) in [6.07, 6.45) is 0. The molecule has 24 heavy (non-hydrogen) atoms.